The van der Waals surface area contributed by atoms with E-state index in [-0.39, 0.29) is 11.7 Å². The number of halogens is 1. The van der Waals surface area contributed by atoms with Crippen LogP contribution in [0.3, 0.4) is 0 Å². The maximum Gasteiger partial charge on any atom is 0.178 e. The topological polar surface area (TPSA) is 78.2 Å². The maximum atomic E-state index is 12.7. The first kappa shape index (κ1) is 19.9. The summed E-state index contributed by atoms with van der Waals surface area (Å²) in [4.78, 5) is 0.299. The van der Waals surface area contributed by atoms with E-state index < -0.39 is 15.4 Å². The molecule has 1 aliphatic rings. The first-order valence-electron chi connectivity index (χ1n) is 8.95. The van der Waals surface area contributed by atoms with Gasteiger partial charge in [-0.05, 0) is 68.4 Å². The van der Waals surface area contributed by atoms with Gasteiger partial charge in [-0.1, -0.05) is 29.8 Å². The number of benzene rings is 2. The first-order chi connectivity index (χ1) is 12.7. The molecular weight excluding hydrogens is 382 g/mol. The molecule has 3 rings (SSSR count). The van der Waals surface area contributed by atoms with Gasteiger partial charge in [0.2, 0.25) is 0 Å². The monoisotopic (exact) mass is 403 g/mol. The molecule has 1 saturated carbocycles. The third-order valence-electron chi connectivity index (χ3n) is 5.26. The number of aliphatic hydroxyl groups is 1. The Hall–Kier alpha value is -1.87. The predicted octanol–water partition coefficient (Wildman–Crippen LogP) is 4.59. The fourth-order valence-corrected chi connectivity index (χ4v) is 5.52. The zero-order valence-electron chi connectivity index (χ0n) is 15.2. The molecule has 4 nitrogen and oxygen atoms in total. The van der Waals surface area contributed by atoms with Crippen molar-refractivity contribution in [2.24, 2.45) is 5.92 Å². The average Bonchev–Trinajstić information content (AvgIpc) is 2.63. The highest BCUT2D eigenvalue weighted by atomic mass is 35.5. The van der Waals surface area contributed by atoms with Gasteiger partial charge in [0.05, 0.1) is 27.9 Å². The van der Waals surface area contributed by atoms with Crippen molar-refractivity contribution in [3.8, 4) is 17.2 Å². The molecule has 0 unspecified atom stereocenters. The van der Waals surface area contributed by atoms with Crippen LogP contribution >= 0.6 is 11.6 Å². The van der Waals surface area contributed by atoms with Gasteiger partial charge in [0.1, 0.15) is 0 Å². The minimum Gasteiger partial charge on any atom is -0.390 e. The lowest BCUT2D eigenvalue weighted by molar-refractivity contribution is 0.0108. The summed E-state index contributed by atoms with van der Waals surface area (Å²) >= 11 is 6.23. The molecule has 0 heterocycles. The summed E-state index contributed by atoms with van der Waals surface area (Å²) in [6, 6.07) is 13.8. The van der Waals surface area contributed by atoms with Crippen molar-refractivity contribution >= 4 is 21.4 Å². The Kier molecular flexibility index (Phi) is 5.62. The van der Waals surface area contributed by atoms with Gasteiger partial charge in [-0.3, -0.25) is 0 Å². The molecule has 2 aromatic carbocycles. The molecule has 6 heteroatoms. The van der Waals surface area contributed by atoms with Crippen molar-refractivity contribution in [1.82, 2.24) is 0 Å². The normalized spacial score (nSPS) is 23.0. The Morgan fingerprint density at radius 3 is 2.37 bits per heavy atom. The summed E-state index contributed by atoms with van der Waals surface area (Å²) in [5, 5.41) is 19.4. The summed E-state index contributed by atoms with van der Waals surface area (Å²) in [7, 11) is -3.37. The zero-order valence-corrected chi connectivity index (χ0v) is 16.7. The van der Waals surface area contributed by atoms with Crippen molar-refractivity contribution in [3.05, 3.63) is 53.1 Å². The van der Waals surface area contributed by atoms with Gasteiger partial charge >= 0.3 is 0 Å². The molecule has 0 atom stereocenters. The number of nitrogens with zero attached hydrogens (tertiary/aromatic N) is 1. The Balaban J connectivity index is 1.76. The highest BCUT2D eigenvalue weighted by molar-refractivity contribution is 7.91. The molecule has 0 spiro atoms. The standard InChI is InChI=1S/C21H22ClNO3S/c1-21(24)10-8-15(9-11-21)14-27(25,26)18-5-3-17(4-6-18)19-7-2-16(13-23)12-20(19)22/h2-7,12,15,24H,8-11,14H2,1H3/t15-,21+. The molecule has 0 radical (unpaired) electrons. The molecule has 1 N–H and O–H groups in total. The summed E-state index contributed by atoms with van der Waals surface area (Å²) in [6.45, 7) is 1.81. The minimum absolute atomic E-state index is 0.0860. The lowest BCUT2D eigenvalue weighted by atomic mass is 9.81. The van der Waals surface area contributed by atoms with E-state index in [1.807, 2.05) is 13.0 Å². The molecule has 27 heavy (non-hydrogen) atoms. The lowest BCUT2D eigenvalue weighted by Gasteiger charge is -2.32. The van der Waals surface area contributed by atoms with Crippen molar-refractivity contribution in [2.45, 2.75) is 43.1 Å². The van der Waals surface area contributed by atoms with Crippen LogP contribution in [0.2, 0.25) is 5.02 Å². The maximum absolute atomic E-state index is 12.7. The lowest BCUT2D eigenvalue weighted by Crippen LogP contribution is -2.32. The highest BCUT2D eigenvalue weighted by Crippen LogP contribution is 2.34. The number of hydrogen-bond acceptors (Lipinski definition) is 4. The van der Waals surface area contributed by atoms with Crippen molar-refractivity contribution in [1.29, 1.82) is 5.26 Å². The molecule has 0 aliphatic heterocycles. The molecule has 0 saturated heterocycles. The van der Waals surface area contributed by atoms with E-state index >= 15 is 0 Å². The van der Waals surface area contributed by atoms with Crippen molar-refractivity contribution in [3.63, 3.8) is 0 Å². The van der Waals surface area contributed by atoms with Gasteiger partial charge in [0, 0.05) is 10.6 Å². The first-order valence-corrected chi connectivity index (χ1v) is 11.0. The second-order valence-electron chi connectivity index (χ2n) is 7.55. The molecule has 2 aromatic rings. The van der Waals surface area contributed by atoms with Crippen molar-refractivity contribution < 1.29 is 13.5 Å². The van der Waals surface area contributed by atoms with E-state index in [1.54, 1.807) is 42.5 Å². The molecule has 0 aromatic heterocycles. The smallest absolute Gasteiger partial charge is 0.178 e. The zero-order chi connectivity index (χ0) is 19.7. The van der Waals surface area contributed by atoms with E-state index in [0.717, 1.165) is 24.0 Å². The van der Waals surface area contributed by atoms with E-state index in [9.17, 15) is 13.5 Å². The third-order valence-corrected chi connectivity index (χ3v) is 7.47. The van der Waals surface area contributed by atoms with Crippen LogP contribution in [0.15, 0.2) is 47.4 Å². The Morgan fingerprint density at radius 1 is 1.19 bits per heavy atom. The fourth-order valence-electron chi connectivity index (χ4n) is 3.53. The van der Waals surface area contributed by atoms with Crippen LogP contribution in [0.4, 0.5) is 0 Å². The summed E-state index contributed by atoms with van der Waals surface area (Å²) in [5.41, 5.74) is 1.38. The second kappa shape index (κ2) is 7.63. The Labute approximate surface area is 165 Å². The number of hydrogen-bond donors (Lipinski definition) is 1. The Morgan fingerprint density at radius 2 is 1.81 bits per heavy atom. The van der Waals surface area contributed by atoms with Gasteiger partial charge in [0.25, 0.3) is 0 Å². The van der Waals surface area contributed by atoms with Crippen LogP contribution in [0.25, 0.3) is 11.1 Å². The van der Waals surface area contributed by atoms with Crippen LogP contribution in [-0.2, 0) is 9.84 Å². The van der Waals surface area contributed by atoms with Crippen LogP contribution in [0.5, 0.6) is 0 Å². The predicted molar refractivity (Wildman–Crippen MR) is 106 cm³/mol. The molecular formula is C21H22ClNO3S. The quantitative estimate of drug-likeness (QED) is 0.809. The Bertz CT molecular complexity index is 965. The summed E-state index contributed by atoms with van der Waals surface area (Å²) in [6.07, 6.45) is 2.74. The third kappa shape index (κ3) is 4.70. The molecule has 142 valence electrons. The van der Waals surface area contributed by atoms with Gasteiger partial charge in [-0.15, -0.1) is 0 Å². The average molecular weight is 404 g/mol. The van der Waals surface area contributed by atoms with Gasteiger partial charge in [-0.25, -0.2) is 8.42 Å². The number of rotatable bonds is 4. The second-order valence-corrected chi connectivity index (χ2v) is 9.99. The summed E-state index contributed by atoms with van der Waals surface area (Å²) in [5.74, 6) is 0.197. The van der Waals surface area contributed by atoms with Gasteiger partial charge in [0.15, 0.2) is 9.84 Å². The SMILES string of the molecule is C[C@]1(O)CC[C@@H](CS(=O)(=O)c2ccc(-c3ccc(C#N)cc3Cl)cc2)CC1. The number of nitriles is 1. The highest BCUT2D eigenvalue weighted by Gasteiger charge is 2.31. The largest absolute Gasteiger partial charge is 0.390 e. The van der Waals surface area contributed by atoms with Gasteiger partial charge in [-0.2, -0.15) is 5.26 Å². The molecule has 1 fully saturated rings. The fraction of sp³-hybridized carbons (Fsp3) is 0.381. The van der Waals surface area contributed by atoms with Crippen LogP contribution < -0.4 is 0 Å². The van der Waals surface area contributed by atoms with E-state index in [4.69, 9.17) is 16.9 Å². The van der Waals surface area contributed by atoms with Gasteiger partial charge < -0.3 is 5.11 Å². The van der Waals surface area contributed by atoms with E-state index in [2.05, 4.69) is 0 Å². The van der Waals surface area contributed by atoms with Crippen molar-refractivity contribution in [2.75, 3.05) is 5.75 Å². The molecule has 0 amide bonds. The van der Waals surface area contributed by atoms with Crippen LogP contribution in [0.1, 0.15) is 38.2 Å². The molecule has 1 aliphatic carbocycles. The van der Waals surface area contributed by atoms with E-state index in [1.165, 1.54) is 0 Å². The van der Waals surface area contributed by atoms with Crippen LogP contribution in [-0.4, -0.2) is 24.9 Å². The number of sulfone groups is 1. The summed E-state index contributed by atoms with van der Waals surface area (Å²) < 4.78 is 25.5. The minimum atomic E-state index is -3.37. The van der Waals surface area contributed by atoms with Crippen LogP contribution in [0, 0.1) is 17.2 Å². The molecule has 0 bridgehead atoms. The van der Waals surface area contributed by atoms with E-state index in [0.29, 0.717) is 28.3 Å².